The van der Waals surface area contributed by atoms with Crippen molar-refractivity contribution in [1.82, 2.24) is 19.9 Å². The van der Waals surface area contributed by atoms with E-state index in [1.165, 1.54) is 48.4 Å². The number of thioether (sulfide) groups is 1. The number of hydrogen-bond donors (Lipinski definition) is 3. The van der Waals surface area contributed by atoms with Crippen LogP contribution in [-0.2, 0) is 14.8 Å². The fourth-order valence-corrected chi connectivity index (χ4v) is 4.64. The van der Waals surface area contributed by atoms with E-state index < -0.39 is 15.3 Å². The second kappa shape index (κ2) is 9.46. The molecule has 0 fully saturated rings. The zero-order valence-corrected chi connectivity index (χ0v) is 19.3. The van der Waals surface area contributed by atoms with Gasteiger partial charge in [-0.15, -0.1) is 0 Å². The van der Waals surface area contributed by atoms with Crippen LogP contribution < -0.4 is 14.8 Å². The molecule has 1 atom stereocenters. The Morgan fingerprint density at radius 3 is 2.55 bits per heavy atom. The molecule has 0 aliphatic rings. The van der Waals surface area contributed by atoms with Crippen molar-refractivity contribution in [3.8, 4) is 5.75 Å². The minimum absolute atomic E-state index is 0.0214. The number of carbonyl (C=O) groups excluding carboxylic acids is 1. The summed E-state index contributed by atoms with van der Waals surface area (Å²) in [5.41, 5.74) is 2.06. The monoisotopic (exact) mass is 484 g/mol. The van der Waals surface area contributed by atoms with Gasteiger partial charge in [0.2, 0.25) is 11.9 Å². The quantitative estimate of drug-likeness (QED) is 0.324. The van der Waals surface area contributed by atoms with Crippen LogP contribution in [0, 0.1) is 0 Å². The van der Waals surface area contributed by atoms with Crippen LogP contribution >= 0.6 is 11.8 Å². The molecule has 170 valence electrons. The SMILES string of the molecule is COc1ccc2nc(S[C@@H](C)C(=O)Nc3ccc(S(=O)(=O)Nc4ncccn4)cc3)[nH]c2c1. The molecule has 1 amide bonds. The number of ether oxygens (including phenoxy) is 1. The van der Waals surface area contributed by atoms with Crippen molar-refractivity contribution in [2.24, 2.45) is 0 Å². The number of hydrogen-bond acceptors (Lipinski definition) is 8. The maximum atomic E-state index is 12.6. The predicted molar refractivity (Wildman–Crippen MR) is 126 cm³/mol. The molecule has 2 aromatic carbocycles. The Kier molecular flexibility index (Phi) is 6.47. The number of methoxy groups -OCH3 is 1. The van der Waals surface area contributed by atoms with Gasteiger partial charge in [-0.25, -0.2) is 28.1 Å². The van der Waals surface area contributed by atoms with Crippen molar-refractivity contribution in [2.75, 3.05) is 17.1 Å². The molecular weight excluding hydrogens is 464 g/mol. The number of imidazole rings is 1. The molecule has 0 saturated carbocycles. The molecule has 3 N–H and O–H groups in total. The maximum absolute atomic E-state index is 12.6. The second-order valence-corrected chi connectivity index (χ2v) is 9.89. The van der Waals surface area contributed by atoms with Gasteiger partial charge in [-0.2, -0.15) is 0 Å². The Balaban J connectivity index is 1.39. The van der Waals surface area contributed by atoms with Gasteiger partial charge < -0.3 is 15.0 Å². The van der Waals surface area contributed by atoms with E-state index in [1.807, 2.05) is 18.2 Å². The zero-order valence-electron chi connectivity index (χ0n) is 17.6. The molecule has 4 aromatic rings. The highest BCUT2D eigenvalue weighted by atomic mass is 32.2. The Bertz CT molecular complexity index is 1380. The van der Waals surface area contributed by atoms with Crippen LogP contribution in [0.25, 0.3) is 11.0 Å². The van der Waals surface area contributed by atoms with Crippen molar-refractivity contribution in [2.45, 2.75) is 22.2 Å². The summed E-state index contributed by atoms with van der Waals surface area (Å²) in [7, 11) is -2.25. The Labute approximate surface area is 194 Å². The molecule has 0 saturated heterocycles. The molecule has 2 aromatic heterocycles. The summed E-state index contributed by atoms with van der Waals surface area (Å²) in [5, 5.41) is 2.94. The summed E-state index contributed by atoms with van der Waals surface area (Å²) in [5.74, 6) is 0.444. The van der Waals surface area contributed by atoms with Gasteiger partial charge in [-0.3, -0.25) is 4.79 Å². The van der Waals surface area contributed by atoms with Gasteiger partial charge in [0, 0.05) is 24.1 Å². The minimum atomic E-state index is -3.85. The van der Waals surface area contributed by atoms with Crippen LogP contribution in [0.15, 0.2) is 71.0 Å². The zero-order chi connectivity index (χ0) is 23.4. The maximum Gasteiger partial charge on any atom is 0.264 e. The average molecular weight is 485 g/mol. The van der Waals surface area contributed by atoms with Gasteiger partial charge in [-0.05, 0) is 49.4 Å². The highest BCUT2D eigenvalue weighted by Gasteiger charge is 2.19. The number of aromatic nitrogens is 4. The Morgan fingerprint density at radius 1 is 1.12 bits per heavy atom. The highest BCUT2D eigenvalue weighted by Crippen LogP contribution is 2.26. The summed E-state index contributed by atoms with van der Waals surface area (Å²) in [6.07, 6.45) is 2.87. The minimum Gasteiger partial charge on any atom is -0.497 e. The first kappa shape index (κ1) is 22.6. The number of nitrogens with zero attached hydrogens (tertiary/aromatic N) is 3. The normalized spacial score (nSPS) is 12.3. The third-order valence-electron chi connectivity index (χ3n) is 4.55. The van der Waals surface area contributed by atoms with E-state index in [-0.39, 0.29) is 16.8 Å². The smallest absolute Gasteiger partial charge is 0.264 e. The van der Waals surface area contributed by atoms with Crippen LogP contribution in [0.2, 0.25) is 0 Å². The molecule has 0 unspecified atom stereocenters. The standard InChI is InChI=1S/C21H20N6O4S2/c1-13(32-21-25-17-9-6-15(31-2)12-18(17)26-21)19(28)24-14-4-7-16(8-5-14)33(29,30)27-20-22-10-3-11-23-20/h3-13H,1-2H3,(H,24,28)(H,25,26)(H,22,23,27)/t13-/m0/s1. The number of rotatable bonds is 8. The van der Waals surface area contributed by atoms with E-state index in [2.05, 4.69) is 30.0 Å². The van der Waals surface area contributed by atoms with Gasteiger partial charge in [0.15, 0.2) is 5.16 Å². The van der Waals surface area contributed by atoms with Crippen LogP contribution in [0.1, 0.15) is 6.92 Å². The number of fused-ring (bicyclic) bond motifs is 1. The van der Waals surface area contributed by atoms with Crippen LogP contribution in [0.3, 0.4) is 0 Å². The molecule has 0 spiro atoms. The third kappa shape index (κ3) is 5.41. The van der Waals surface area contributed by atoms with Crippen molar-refractivity contribution < 1.29 is 17.9 Å². The van der Waals surface area contributed by atoms with Crippen LogP contribution in [0.4, 0.5) is 11.6 Å². The topological polar surface area (TPSA) is 139 Å². The van der Waals surface area contributed by atoms with Gasteiger partial charge in [0.05, 0.1) is 28.3 Å². The summed E-state index contributed by atoms with van der Waals surface area (Å²) < 4.78 is 32.4. The molecule has 10 nitrogen and oxygen atoms in total. The van der Waals surface area contributed by atoms with Crippen LogP contribution in [-0.4, -0.2) is 46.6 Å². The lowest BCUT2D eigenvalue weighted by molar-refractivity contribution is -0.115. The number of H-pyrrole nitrogens is 1. The van der Waals surface area contributed by atoms with E-state index >= 15 is 0 Å². The van der Waals surface area contributed by atoms with Crippen LogP contribution in [0.5, 0.6) is 5.75 Å². The molecule has 0 radical (unpaired) electrons. The molecule has 0 aliphatic heterocycles. The second-order valence-electron chi connectivity index (χ2n) is 6.88. The molecule has 0 aliphatic carbocycles. The summed E-state index contributed by atoms with van der Waals surface area (Å²) in [4.78, 5) is 28.0. The number of carbonyl (C=O) groups is 1. The van der Waals surface area contributed by atoms with E-state index in [4.69, 9.17) is 4.74 Å². The van der Waals surface area contributed by atoms with E-state index in [0.717, 1.165) is 11.0 Å². The van der Waals surface area contributed by atoms with E-state index in [0.29, 0.717) is 16.6 Å². The van der Waals surface area contributed by atoms with Crippen molar-refractivity contribution in [1.29, 1.82) is 0 Å². The molecular formula is C21H20N6O4S2. The van der Waals surface area contributed by atoms with Crippen molar-refractivity contribution in [3.63, 3.8) is 0 Å². The molecule has 4 rings (SSSR count). The van der Waals surface area contributed by atoms with Gasteiger partial charge >= 0.3 is 0 Å². The van der Waals surface area contributed by atoms with E-state index in [9.17, 15) is 13.2 Å². The number of amides is 1. The fraction of sp³-hybridized carbons (Fsp3) is 0.143. The Hall–Kier alpha value is -3.64. The molecule has 12 heteroatoms. The lowest BCUT2D eigenvalue weighted by Crippen LogP contribution is -2.22. The third-order valence-corrected chi connectivity index (χ3v) is 6.88. The van der Waals surface area contributed by atoms with Gasteiger partial charge in [0.25, 0.3) is 10.0 Å². The Morgan fingerprint density at radius 2 is 1.85 bits per heavy atom. The summed E-state index contributed by atoms with van der Waals surface area (Å²) >= 11 is 1.28. The van der Waals surface area contributed by atoms with Crippen molar-refractivity contribution in [3.05, 3.63) is 60.9 Å². The number of nitrogens with one attached hydrogen (secondary N) is 3. The number of benzene rings is 2. The molecule has 0 bridgehead atoms. The number of anilines is 2. The first-order valence-electron chi connectivity index (χ1n) is 9.75. The number of aromatic amines is 1. The fourth-order valence-electron chi connectivity index (χ4n) is 2.86. The van der Waals surface area contributed by atoms with Gasteiger partial charge in [0.1, 0.15) is 5.75 Å². The summed E-state index contributed by atoms with van der Waals surface area (Å²) in [6.45, 7) is 1.76. The van der Waals surface area contributed by atoms with E-state index in [1.54, 1.807) is 20.1 Å². The average Bonchev–Trinajstić information content (AvgIpc) is 3.21. The lowest BCUT2D eigenvalue weighted by atomic mass is 10.3. The highest BCUT2D eigenvalue weighted by molar-refractivity contribution is 8.00. The van der Waals surface area contributed by atoms with Crippen molar-refractivity contribution >= 4 is 50.4 Å². The first-order valence-corrected chi connectivity index (χ1v) is 12.1. The molecule has 33 heavy (non-hydrogen) atoms. The number of sulfonamides is 1. The lowest BCUT2D eigenvalue weighted by Gasteiger charge is -2.11. The first-order chi connectivity index (χ1) is 15.8. The largest absolute Gasteiger partial charge is 0.497 e. The van der Waals surface area contributed by atoms with Gasteiger partial charge in [-0.1, -0.05) is 11.8 Å². The predicted octanol–water partition coefficient (Wildman–Crippen LogP) is 3.28. The summed E-state index contributed by atoms with van der Waals surface area (Å²) in [6, 6.07) is 12.9. The molecule has 2 heterocycles.